The summed E-state index contributed by atoms with van der Waals surface area (Å²) < 4.78 is 0. The van der Waals surface area contributed by atoms with Gasteiger partial charge in [-0.15, -0.1) is 0 Å². The lowest BCUT2D eigenvalue weighted by molar-refractivity contribution is 0.0681. The quantitative estimate of drug-likeness (QED) is 0.443. The fraction of sp³-hybridized carbons (Fsp3) is 0.200. The van der Waals surface area contributed by atoms with Gasteiger partial charge >= 0.3 is 11.9 Å². The molecule has 7 heteroatoms. The molecule has 0 aromatic heterocycles. The molecule has 0 aliphatic carbocycles. The lowest BCUT2D eigenvalue weighted by Gasteiger charge is -1.94. The van der Waals surface area contributed by atoms with Gasteiger partial charge in [-0.05, 0) is 24.3 Å². The van der Waals surface area contributed by atoms with Crippen LogP contribution in [0.5, 0.6) is 0 Å². The van der Waals surface area contributed by atoms with E-state index in [2.05, 4.69) is 5.73 Å². The molecule has 0 saturated heterocycles. The van der Waals surface area contributed by atoms with Crippen molar-refractivity contribution in [2.75, 3.05) is 6.61 Å². The van der Waals surface area contributed by atoms with E-state index in [0.717, 1.165) is 0 Å². The van der Waals surface area contributed by atoms with E-state index in [4.69, 9.17) is 20.4 Å². The Morgan fingerprint density at radius 1 is 1.06 bits per heavy atom. The Balaban J connectivity index is 0.000000437. The van der Waals surface area contributed by atoms with Crippen LogP contribution in [0.15, 0.2) is 24.3 Å². The van der Waals surface area contributed by atoms with E-state index in [1.54, 1.807) is 0 Å². The van der Waals surface area contributed by atoms with Crippen molar-refractivity contribution in [1.82, 2.24) is 0 Å². The SMILES string of the molecule is NC(O)CO.O=C(O)c1ccc(C(=O)O)cc1. The van der Waals surface area contributed by atoms with Crippen LogP contribution in [-0.4, -0.2) is 45.2 Å². The van der Waals surface area contributed by atoms with Gasteiger partial charge in [0.05, 0.1) is 17.7 Å². The number of hydrogen-bond donors (Lipinski definition) is 5. The van der Waals surface area contributed by atoms with Gasteiger partial charge in [0.15, 0.2) is 0 Å². The molecule has 0 saturated carbocycles. The highest BCUT2D eigenvalue weighted by molar-refractivity contribution is 5.91. The van der Waals surface area contributed by atoms with Crippen molar-refractivity contribution in [2.45, 2.75) is 6.23 Å². The van der Waals surface area contributed by atoms with Crippen molar-refractivity contribution < 1.29 is 30.0 Å². The van der Waals surface area contributed by atoms with Gasteiger partial charge in [0.1, 0.15) is 6.23 Å². The summed E-state index contributed by atoms with van der Waals surface area (Å²) in [6, 6.07) is 5.02. The Bertz CT molecular complexity index is 340. The first kappa shape index (κ1) is 15.0. The third-order valence-electron chi connectivity index (χ3n) is 1.57. The maximum Gasteiger partial charge on any atom is 0.335 e. The molecule has 0 amide bonds. The summed E-state index contributed by atoms with van der Waals surface area (Å²) in [4.78, 5) is 20.7. The van der Waals surface area contributed by atoms with Crippen LogP contribution in [0.1, 0.15) is 20.7 Å². The number of benzene rings is 1. The molecule has 1 aromatic carbocycles. The molecule has 1 atom stereocenters. The Kier molecular flexibility index (Phi) is 6.49. The monoisotopic (exact) mass is 243 g/mol. The van der Waals surface area contributed by atoms with Gasteiger partial charge in [0.25, 0.3) is 0 Å². The fourth-order valence-corrected chi connectivity index (χ4v) is 0.755. The van der Waals surface area contributed by atoms with Gasteiger partial charge in [-0.2, -0.15) is 0 Å². The van der Waals surface area contributed by atoms with Crippen LogP contribution in [0.4, 0.5) is 0 Å². The fourth-order valence-electron chi connectivity index (χ4n) is 0.755. The second-order valence-electron chi connectivity index (χ2n) is 2.94. The molecule has 0 heterocycles. The molecule has 1 aromatic rings. The zero-order chi connectivity index (χ0) is 13.4. The first-order chi connectivity index (χ1) is 7.88. The Morgan fingerprint density at radius 2 is 1.29 bits per heavy atom. The zero-order valence-electron chi connectivity index (χ0n) is 8.78. The van der Waals surface area contributed by atoms with Crippen LogP contribution in [-0.2, 0) is 0 Å². The van der Waals surface area contributed by atoms with Crippen molar-refractivity contribution in [2.24, 2.45) is 5.73 Å². The predicted octanol–water partition coefficient (Wildman–Crippen LogP) is -0.661. The van der Waals surface area contributed by atoms with Crippen LogP contribution >= 0.6 is 0 Å². The first-order valence-corrected chi connectivity index (χ1v) is 4.49. The van der Waals surface area contributed by atoms with E-state index in [1.807, 2.05) is 0 Å². The summed E-state index contributed by atoms with van der Waals surface area (Å²) in [5.41, 5.74) is 4.76. The number of nitrogens with two attached hydrogens (primary N) is 1. The van der Waals surface area contributed by atoms with Crippen LogP contribution in [0.25, 0.3) is 0 Å². The van der Waals surface area contributed by atoms with Gasteiger partial charge in [-0.3, -0.25) is 0 Å². The molecule has 0 aliphatic heterocycles. The zero-order valence-corrected chi connectivity index (χ0v) is 8.78. The lowest BCUT2D eigenvalue weighted by atomic mass is 10.1. The van der Waals surface area contributed by atoms with Crippen LogP contribution in [0.2, 0.25) is 0 Å². The van der Waals surface area contributed by atoms with Crippen molar-refractivity contribution in [3.05, 3.63) is 35.4 Å². The average molecular weight is 243 g/mol. The lowest BCUT2D eigenvalue weighted by Crippen LogP contribution is -2.22. The predicted molar refractivity (Wildman–Crippen MR) is 57.6 cm³/mol. The van der Waals surface area contributed by atoms with E-state index in [0.29, 0.717) is 0 Å². The molecule has 1 rings (SSSR count). The van der Waals surface area contributed by atoms with E-state index >= 15 is 0 Å². The van der Waals surface area contributed by atoms with Gasteiger partial charge in [-0.1, -0.05) is 0 Å². The maximum absolute atomic E-state index is 10.3. The summed E-state index contributed by atoms with van der Waals surface area (Å²) >= 11 is 0. The number of carboxylic acid groups (broad SMARTS) is 2. The Labute approximate surface area is 96.7 Å². The smallest absolute Gasteiger partial charge is 0.335 e. The Hall–Kier alpha value is -1.96. The van der Waals surface area contributed by atoms with E-state index < -0.39 is 18.2 Å². The number of carbonyl (C=O) groups is 2. The van der Waals surface area contributed by atoms with Crippen molar-refractivity contribution in [3.63, 3.8) is 0 Å². The molecule has 0 bridgehead atoms. The molecule has 0 radical (unpaired) electrons. The minimum absolute atomic E-state index is 0.0833. The van der Waals surface area contributed by atoms with E-state index in [1.165, 1.54) is 24.3 Å². The molecule has 0 fully saturated rings. The average Bonchev–Trinajstić information content (AvgIpc) is 2.29. The van der Waals surface area contributed by atoms with E-state index in [-0.39, 0.29) is 17.7 Å². The number of aliphatic hydroxyl groups excluding tert-OH is 2. The second-order valence-corrected chi connectivity index (χ2v) is 2.94. The second kappa shape index (κ2) is 7.34. The Morgan fingerprint density at radius 3 is 1.41 bits per heavy atom. The topological polar surface area (TPSA) is 141 Å². The largest absolute Gasteiger partial charge is 0.478 e. The molecular formula is C10H13NO6. The van der Waals surface area contributed by atoms with E-state index in [9.17, 15) is 9.59 Å². The van der Waals surface area contributed by atoms with Gasteiger partial charge in [-0.25, -0.2) is 9.59 Å². The summed E-state index contributed by atoms with van der Waals surface area (Å²) in [6.07, 6.45) is -1.06. The van der Waals surface area contributed by atoms with Gasteiger partial charge < -0.3 is 26.2 Å². The standard InChI is InChI=1S/C8H6O4.C2H7NO2/c9-7(10)5-1-2-6(4-3-5)8(11)12;3-2(5)1-4/h1-4H,(H,9,10)(H,11,12);2,4-5H,1,3H2. The highest BCUT2D eigenvalue weighted by Crippen LogP contribution is 2.03. The molecule has 1 unspecified atom stereocenters. The third-order valence-corrected chi connectivity index (χ3v) is 1.57. The molecule has 94 valence electrons. The summed E-state index contributed by atoms with van der Waals surface area (Å²) in [5, 5.41) is 32.6. The van der Waals surface area contributed by atoms with Gasteiger partial charge in [0.2, 0.25) is 0 Å². The highest BCUT2D eigenvalue weighted by Gasteiger charge is 2.04. The number of aromatic carboxylic acids is 2. The summed E-state index contributed by atoms with van der Waals surface area (Å²) in [5.74, 6) is -2.13. The first-order valence-electron chi connectivity index (χ1n) is 4.49. The molecule has 0 aliphatic rings. The minimum Gasteiger partial charge on any atom is -0.478 e. The molecule has 6 N–H and O–H groups in total. The van der Waals surface area contributed by atoms with Crippen molar-refractivity contribution >= 4 is 11.9 Å². The molecule has 7 nitrogen and oxygen atoms in total. The van der Waals surface area contributed by atoms with Gasteiger partial charge in [0, 0.05) is 0 Å². The number of hydrogen-bond acceptors (Lipinski definition) is 5. The molecular weight excluding hydrogens is 230 g/mol. The molecule has 0 spiro atoms. The number of aliphatic hydroxyl groups is 2. The van der Waals surface area contributed by atoms with Crippen molar-refractivity contribution in [3.8, 4) is 0 Å². The minimum atomic E-state index is -1.06. The number of rotatable bonds is 3. The van der Waals surface area contributed by atoms with Crippen LogP contribution in [0.3, 0.4) is 0 Å². The highest BCUT2D eigenvalue weighted by atomic mass is 16.4. The number of carboxylic acids is 2. The third kappa shape index (κ3) is 6.25. The summed E-state index contributed by atoms with van der Waals surface area (Å²) in [7, 11) is 0. The summed E-state index contributed by atoms with van der Waals surface area (Å²) in [6.45, 7) is -0.361. The molecule has 17 heavy (non-hydrogen) atoms. The van der Waals surface area contributed by atoms with Crippen LogP contribution < -0.4 is 5.73 Å². The van der Waals surface area contributed by atoms with Crippen LogP contribution in [0, 0.1) is 0 Å². The normalized spacial score (nSPS) is 11.0. The van der Waals surface area contributed by atoms with Crippen molar-refractivity contribution in [1.29, 1.82) is 0 Å². The maximum atomic E-state index is 10.3.